The third kappa shape index (κ3) is 2.15. The van der Waals surface area contributed by atoms with Crippen LogP contribution in [-0.2, 0) is 0 Å². The Morgan fingerprint density at radius 3 is 2.88 bits per heavy atom. The zero-order valence-corrected chi connectivity index (χ0v) is 10.4. The van der Waals surface area contributed by atoms with Crippen molar-refractivity contribution in [3.8, 4) is 0 Å². The van der Waals surface area contributed by atoms with Crippen LogP contribution < -0.4 is 0 Å². The van der Waals surface area contributed by atoms with Crippen LogP contribution in [0.3, 0.4) is 0 Å². The Balaban J connectivity index is 2.23. The van der Waals surface area contributed by atoms with Crippen LogP contribution in [0.1, 0.15) is 30.1 Å². The minimum atomic E-state index is -0.0175. The largest absolute Gasteiger partial charge is 0.336 e. The molecule has 1 aliphatic heterocycles. The summed E-state index contributed by atoms with van der Waals surface area (Å²) >= 11 is 11.5. The molecule has 0 N–H and O–H groups in total. The van der Waals surface area contributed by atoms with Crippen LogP contribution in [0.4, 0.5) is 0 Å². The van der Waals surface area contributed by atoms with Crippen LogP contribution >= 0.6 is 23.2 Å². The fraction of sp³-hybridized carbons (Fsp3) is 0.455. The van der Waals surface area contributed by atoms with Gasteiger partial charge in [0.05, 0.1) is 10.6 Å². The SMILES string of the molecule is CC1CCCN1C(=O)c1cnc(Cl)c(Cl)c1. The molecule has 1 aliphatic rings. The number of rotatable bonds is 1. The Kier molecular flexibility index (Phi) is 3.36. The minimum absolute atomic E-state index is 0.0175. The van der Waals surface area contributed by atoms with Crippen molar-refractivity contribution in [3.63, 3.8) is 0 Å². The number of nitrogens with zero attached hydrogens (tertiary/aromatic N) is 2. The molecule has 1 amide bonds. The second-order valence-corrected chi connectivity index (χ2v) is 4.75. The van der Waals surface area contributed by atoms with Crippen LogP contribution in [-0.4, -0.2) is 28.4 Å². The van der Waals surface area contributed by atoms with E-state index in [9.17, 15) is 4.79 Å². The van der Waals surface area contributed by atoms with Gasteiger partial charge in [-0.15, -0.1) is 0 Å². The number of pyridine rings is 1. The Hall–Kier alpha value is -0.800. The van der Waals surface area contributed by atoms with E-state index < -0.39 is 0 Å². The molecule has 2 heterocycles. The van der Waals surface area contributed by atoms with Gasteiger partial charge in [0.15, 0.2) is 0 Å². The van der Waals surface area contributed by atoms with Crippen LogP contribution in [0.5, 0.6) is 0 Å². The molecule has 1 aromatic heterocycles. The van der Waals surface area contributed by atoms with Gasteiger partial charge in [-0.05, 0) is 25.8 Å². The summed E-state index contributed by atoms with van der Waals surface area (Å²) in [5, 5.41) is 0.548. The van der Waals surface area contributed by atoms with Gasteiger partial charge in [0, 0.05) is 18.8 Å². The summed E-state index contributed by atoms with van der Waals surface area (Å²) in [7, 11) is 0. The predicted octanol–water partition coefficient (Wildman–Crippen LogP) is 3.01. The standard InChI is InChI=1S/C11H12Cl2N2O/c1-7-3-2-4-15(7)11(16)8-5-9(12)10(13)14-6-8/h5-7H,2-4H2,1H3. The zero-order chi connectivity index (χ0) is 11.7. The Morgan fingerprint density at radius 2 is 2.31 bits per heavy atom. The molecule has 5 heteroatoms. The smallest absolute Gasteiger partial charge is 0.255 e. The van der Waals surface area contributed by atoms with E-state index in [-0.39, 0.29) is 11.1 Å². The molecule has 1 atom stereocenters. The van der Waals surface area contributed by atoms with Crippen molar-refractivity contribution in [2.45, 2.75) is 25.8 Å². The van der Waals surface area contributed by atoms with Gasteiger partial charge in [0.2, 0.25) is 0 Å². The zero-order valence-electron chi connectivity index (χ0n) is 8.91. The number of halogens is 2. The topological polar surface area (TPSA) is 33.2 Å². The summed E-state index contributed by atoms with van der Waals surface area (Å²) in [6.45, 7) is 2.86. The summed E-state index contributed by atoms with van der Waals surface area (Å²) < 4.78 is 0. The molecule has 3 nitrogen and oxygen atoms in total. The van der Waals surface area contributed by atoms with Gasteiger partial charge in [-0.2, -0.15) is 0 Å². The third-order valence-electron chi connectivity index (χ3n) is 2.86. The van der Waals surface area contributed by atoms with Gasteiger partial charge < -0.3 is 4.90 Å². The van der Waals surface area contributed by atoms with Crippen molar-refractivity contribution < 1.29 is 4.79 Å². The van der Waals surface area contributed by atoms with Gasteiger partial charge in [0.1, 0.15) is 5.15 Å². The van der Waals surface area contributed by atoms with Gasteiger partial charge in [-0.25, -0.2) is 4.98 Å². The van der Waals surface area contributed by atoms with E-state index in [4.69, 9.17) is 23.2 Å². The van der Waals surface area contributed by atoms with Gasteiger partial charge in [0.25, 0.3) is 5.91 Å². The highest BCUT2D eigenvalue weighted by Crippen LogP contribution is 2.23. The van der Waals surface area contributed by atoms with E-state index in [0.29, 0.717) is 16.6 Å². The molecule has 1 saturated heterocycles. The Bertz CT molecular complexity index is 422. The number of hydrogen-bond donors (Lipinski definition) is 0. The van der Waals surface area contributed by atoms with E-state index in [0.717, 1.165) is 19.4 Å². The first-order valence-corrected chi connectivity index (χ1v) is 5.97. The van der Waals surface area contributed by atoms with E-state index in [1.54, 1.807) is 6.07 Å². The molecule has 1 aromatic rings. The number of carbonyl (C=O) groups excluding carboxylic acids is 1. The Labute approximate surface area is 104 Å². The minimum Gasteiger partial charge on any atom is -0.336 e. The van der Waals surface area contributed by atoms with Crippen LogP contribution in [0.25, 0.3) is 0 Å². The molecule has 0 radical (unpaired) electrons. The number of aromatic nitrogens is 1. The number of amides is 1. The second kappa shape index (κ2) is 4.60. The quantitative estimate of drug-likeness (QED) is 0.726. The third-order valence-corrected chi connectivity index (χ3v) is 3.54. The summed E-state index contributed by atoms with van der Waals surface area (Å²) in [4.78, 5) is 17.8. The maximum Gasteiger partial charge on any atom is 0.255 e. The predicted molar refractivity (Wildman–Crippen MR) is 64.0 cm³/mol. The van der Waals surface area contributed by atoms with Crippen molar-refractivity contribution in [1.82, 2.24) is 9.88 Å². The van der Waals surface area contributed by atoms with Crippen molar-refractivity contribution >= 4 is 29.1 Å². The summed E-state index contributed by atoms with van der Waals surface area (Å²) in [5.74, 6) is -0.0175. The highest BCUT2D eigenvalue weighted by Gasteiger charge is 2.26. The maximum absolute atomic E-state index is 12.1. The molecule has 1 unspecified atom stereocenters. The lowest BCUT2D eigenvalue weighted by Gasteiger charge is -2.21. The molecule has 2 rings (SSSR count). The fourth-order valence-electron chi connectivity index (χ4n) is 1.94. The fourth-order valence-corrected chi connectivity index (χ4v) is 2.21. The highest BCUT2D eigenvalue weighted by molar-refractivity contribution is 6.41. The van der Waals surface area contributed by atoms with Crippen molar-refractivity contribution in [2.24, 2.45) is 0 Å². The highest BCUT2D eigenvalue weighted by atomic mass is 35.5. The van der Waals surface area contributed by atoms with Crippen molar-refractivity contribution in [1.29, 1.82) is 0 Å². The number of hydrogen-bond acceptors (Lipinski definition) is 2. The molecule has 16 heavy (non-hydrogen) atoms. The molecule has 0 spiro atoms. The molecular weight excluding hydrogens is 247 g/mol. The summed E-state index contributed by atoms with van der Waals surface area (Å²) in [6.07, 6.45) is 3.59. The Morgan fingerprint density at radius 1 is 1.56 bits per heavy atom. The van der Waals surface area contributed by atoms with Gasteiger partial charge in [-0.3, -0.25) is 4.79 Å². The van der Waals surface area contributed by atoms with Gasteiger partial charge in [-0.1, -0.05) is 23.2 Å². The molecular formula is C11H12Cl2N2O. The van der Waals surface area contributed by atoms with E-state index >= 15 is 0 Å². The molecule has 0 aliphatic carbocycles. The van der Waals surface area contributed by atoms with Crippen LogP contribution in [0.15, 0.2) is 12.3 Å². The van der Waals surface area contributed by atoms with Crippen LogP contribution in [0.2, 0.25) is 10.2 Å². The number of likely N-dealkylation sites (tertiary alicyclic amines) is 1. The summed E-state index contributed by atoms with van der Waals surface area (Å²) in [6, 6.07) is 1.87. The first-order valence-electron chi connectivity index (χ1n) is 5.21. The van der Waals surface area contributed by atoms with E-state index in [1.165, 1.54) is 6.20 Å². The monoisotopic (exact) mass is 258 g/mol. The maximum atomic E-state index is 12.1. The summed E-state index contributed by atoms with van der Waals surface area (Å²) in [5.41, 5.74) is 0.503. The lowest BCUT2D eigenvalue weighted by atomic mass is 10.2. The lowest BCUT2D eigenvalue weighted by Crippen LogP contribution is -2.33. The molecule has 0 aromatic carbocycles. The normalized spacial score (nSPS) is 20.2. The lowest BCUT2D eigenvalue weighted by molar-refractivity contribution is 0.0747. The van der Waals surface area contributed by atoms with E-state index in [2.05, 4.69) is 11.9 Å². The number of carbonyl (C=O) groups is 1. The average Bonchev–Trinajstić information content (AvgIpc) is 2.67. The molecule has 86 valence electrons. The van der Waals surface area contributed by atoms with Gasteiger partial charge >= 0.3 is 0 Å². The van der Waals surface area contributed by atoms with Crippen LogP contribution in [0, 0.1) is 0 Å². The molecule has 1 fully saturated rings. The molecule has 0 saturated carbocycles. The first kappa shape index (κ1) is 11.7. The van der Waals surface area contributed by atoms with E-state index in [1.807, 2.05) is 4.90 Å². The first-order chi connectivity index (χ1) is 7.59. The second-order valence-electron chi connectivity index (χ2n) is 3.99. The van der Waals surface area contributed by atoms with Crippen molar-refractivity contribution in [2.75, 3.05) is 6.54 Å². The molecule has 0 bridgehead atoms. The van der Waals surface area contributed by atoms with Crippen molar-refractivity contribution in [3.05, 3.63) is 28.0 Å². The average molecular weight is 259 g/mol.